The van der Waals surface area contributed by atoms with E-state index in [1.807, 2.05) is 11.8 Å². The van der Waals surface area contributed by atoms with Gasteiger partial charge in [0, 0.05) is 19.2 Å². The Hall–Kier alpha value is -1.85. The molecule has 160 valence electrons. The van der Waals surface area contributed by atoms with Crippen LogP contribution in [0.3, 0.4) is 0 Å². The molecule has 1 aliphatic heterocycles. The highest BCUT2D eigenvalue weighted by molar-refractivity contribution is 5.68. The summed E-state index contributed by atoms with van der Waals surface area (Å²) < 4.78 is 38.9. The average molecular weight is 408 g/mol. The van der Waals surface area contributed by atoms with Crippen LogP contribution in [0.15, 0.2) is 12.1 Å². The predicted molar refractivity (Wildman–Crippen MR) is 106 cm³/mol. The maximum Gasteiger partial charge on any atom is 0.410 e. The number of hydrogen-bond donors (Lipinski definition) is 0. The Balaban J connectivity index is 1.17. The molecular weight excluding hydrogens is 376 g/mol. The number of aryl methyl sites for hydroxylation is 1. The van der Waals surface area contributed by atoms with E-state index in [-0.39, 0.29) is 17.4 Å². The van der Waals surface area contributed by atoms with E-state index in [0.29, 0.717) is 36.3 Å². The molecule has 3 aliphatic rings. The van der Waals surface area contributed by atoms with E-state index >= 15 is 0 Å². The van der Waals surface area contributed by atoms with Gasteiger partial charge in [-0.2, -0.15) is 0 Å². The molecule has 2 atom stereocenters. The van der Waals surface area contributed by atoms with E-state index in [1.165, 1.54) is 12.5 Å². The molecule has 0 radical (unpaired) electrons. The first-order valence-electron chi connectivity index (χ1n) is 11.0. The summed E-state index contributed by atoms with van der Waals surface area (Å²) in [6, 6.07) is 2.39. The largest absolute Gasteiger partial charge is 0.490 e. The van der Waals surface area contributed by atoms with Gasteiger partial charge in [-0.15, -0.1) is 0 Å². The van der Waals surface area contributed by atoms with Crippen LogP contribution in [0.2, 0.25) is 0 Å². The number of likely N-dealkylation sites (tertiary alicyclic amines) is 1. The highest BCUT2D eigenvalue weighted by Crippen LogP contribution is 2.50. The number of benzene rings is 1. The molecule has 2 unspecified atom stereocenters. The van der Waals surface area contributed by atoms with Crippen molar-refractivity contribution in [3.8, 4) is 5.75 Å². The van der Waals surface area contributed by atoms with Gasteiger partial charge in [-0.1, -0.05) is 6.92 Å². The molecule has 1 amide bonds. The summed E-state index contributed by atoms with van der Waals surface area (Å²) in [5.74, 6) is 1.00. The van der Waals surface area contributed by atoms with Crippen LogP contribution in [-0.2, 0) is 11.2 Å². The molecule has 0 spiro atoms. The summed E-state index contributed by atoms with van der Waals surface area (Å²) in [7, 11) is 0. The second kappa shape index (κ2) is 8.11. The molecule has 29 heavy (non-hydrogen) atoms. The van der Waals surface area contributed by atoms with E-state index < -0.39 is 11.6 Å². The third kappa shape index (κ3) is 4.84. The van der Waals surface area contributed by atoms with Crippen molar-refractivity contribution in [3.63, 3.8) is 0 Å². The number of halogens is 2. The van der Waals surface area contributed by atoms with Crippen molar-refractivity contribution in [3.05, 3.63) is 29.3 Å². The van der Waals surface area contributed by atoms with E-state index in [4.69, 9.17) is 9.47 Å². The molecule has 0 aromatic heterocycles. The Morgan fingerprint density at radius 2 is 1.93 bits per heavy atom. The summed E-state index contributed by atoms with van der Waals surface area (Å²) in [5.41, 5.74) is 0.160. The minimum Gasteiger partial charge on any atom is -0.490 e. The van der Waals surface area contributed by atoms with Crippen LogP contribution in [0.4, 0.5) is 13.6 Å². The average Bonchev–Trinajstić information content (AvgIpc) is 3.62. The Kier molecular flexibility index (Phi) is 5.71. The molecule has 2 saturated carbocycles. The van der Waals surface area contributed by atoms with Crippen molar-refractivity contribution in [2.45, 2.75) is 64.4 Å². The van der Waals surface area contributed by atoms with Gasteiger partial charge < -0.3 is 14.4 Å². The standard InChI is InChI=1S/C23H31F2NO3/c1-3-15-13-20(25)21(14-19(15)24)28-11-6-17-12-18(17)16-4-9-26(10-5-16)22(27)29-23(2)7-8-23/h13-14,16-18H,3-12H2,1-2H3. The summed E-state index contributed by atoms with van der Waals surface area (Å²) >= 11 is 0. The van der Waals surface area contributed by atoms with Crippen LogP contribution >= 0.6 is 0 Å². The monoisotopic (exact) mass is 407 g/mol. The maximum absolute atomic E-state index is 14.0. The van der Waals surface area contributed by atoms with E-state index in [9.17, 15) is 13.6 Å². The minimum absolute atomic E-state index is 0.00748. The van der Waals surface area contributed by atoms with Crippen molar-refractivity contribution < 1.29 is 23.0 Å². The number of rotatable bonds is 7. The Morgan fingerprint density at radius 3 is 2.59 bits per heavy atom. The van der Waals surface area contributed by atoms with Gasteiger partial charge in [0.1, 0.15) is 11.4 Å². The van der Waals surface area contributed by atoms with E-state index in [1.54, 1.807) is 6.92 Å². The fourth-order valence-corrected chi connectivity index (χ4v) is 4.52. The van der Waals surface area contributed by atoms with Gasteiger partial charge in [0.15, 0.2) is 11.6 Å². The number of piperidine rings is 1. The molecule has 1 saturated heterocycles. The highest BCUT2D eigenvalue weighted by atomic mass is 19.1. The zero-order valence-electron chi connectivity index (χ0n) is 17.4. The molecule has 2 aliphatic carbocycles. The Labute approximate surface area is 171 Å². The Bertz CT molecular complexity index is 757. The van der Waals surface area contributed by atoms with Crippen molar-refractivity contribution in [2.75, 3.05) is 19.7 Å². The molecule has 4 rings (SSSR count). The normalized spacial score (nSPS) is 25.6. The van der Waals surface area contributed by atoms with Gasteiger partial charge in [0.2, 0.25) is 0 Å². The summed E-state index contributed by atoms with van der Waals surface area (Å²) in [5, 5.41) is 0. The van der Waals surface area contributed by atoms with Crippen LogP contribution in [-0.4, -0.2) is 36.3 Å². The molecular formula is C23H31F2NO3. The lowest BCUT2D eigenvalue weighted by molar-refractivity contribution is 0.0473. The first-order chi connectivity index (χ1) is 13.9. The molecule has 1 heterocycles. The van der Waals surface area contributed by atoms with E-state index in [0.717, 1.165) is 51.3 Å². The zero-order chi connectivity index (χ0) is 20.6. The van der Waals surface area contributed by atoms with Crippen LogP contribution in [0.1, 0.15) is 57.9 Å². The van der Waals surface area contributed by atoms with Gasteiger partial charge in [0.25, 0.3) is 0 Å². The molecule has 1 aromatic carbocycles. The topological polar surface area (TPSA) is 38.8 Å². The number of carbonyl (C=O) groups is 1. The van der Waals surface area contributed by atoms with Crippen molar-refractivity contribution >= 4 is 6.09 Å². The van der Waals surface area contributed by atoms with Gasteiger partial charge in [0.05, 0.1) is 6.61 Å². The van der Waals surface area contributed by atoms with Gasteiger partial charge in [-0.25, -0.2) is 13.6 Å². The smallest absolute Gasteiger partial charge is 0.410 e. The number of hydrogen-bond acceptors (Lipinski definition) is 3. The summed E-state index contributed by atoms with van der Waals surface area (Å²) in [4.78, 5) is 14.1. The fraction of sp³-hybridized carbons (Fsp3) is 0.696. The number of carbonyl (C=O) groups excluding carboxylic acids is 1. The number of amides is 1. The fourth-order valence-electron chi connectivity index (χ4n) is 4.52. The van der Waals surface area contributed by atoms with Gasteiger partial charge in [-0.3, -0.25) is 0 Å². The number of nitrogens with zero attached hydrogens (tertiary/aromatic N) is 1. The van der Waals surface area contributed by atoms with Gasteiger partial charge >= 0.3 is 6.09 Å². The second-order valence-corrected chi connectivity index (χ2v) is 9.17. The molecule has 4 nitrogen and oxygen atoms in total. The van der Waals surface area contributed by atoms with E-state index in [2.05, 4.69) is 0 Å². The lowest BCUT2D eigenvalue weighted by atomic mass is 9.91. The van der Waals surface area contributed by atoms with Crippen molar-refractivity contribution in [1.29, 1.82) is 0 Å². The SMILES string of the molecule is CCc1cc(F)c(OCCC2CC2C2CCN(C(=O)OC3(C)CC3)CC2)cc1F. The van der Waals surface area contributed by atoms with Crippen LogP contribution in [0, 0.1) is 29.4 Å². The summed E-state index contributed by atoms with van der Waals surface area (Å²) in [6.45, 7) is 5.74. The van der Waals surface area contributed by atoms with Crippen molar-refractivity contribution in [1.82, 2.24) is 4.90 Å². The van der Waals surface area contributed by atoms with Gasteiger partial charge in [-0.05, 0) is 81.3 Å². The first kappa shape index (κ1) is 20.4. The first-order valence-corrected chi connectivity index (χ1v) is 11.0. The van der Waals surface area contributed by atoms with Crippen LogP contribution in [0.5, 0.6) is 5.75 Å². The number of ether oxygens (including phenoxy) is 2. The highest BCUT2D eigenvalue weighted by Gasteiger charge is 2.45. The lowest BCUT2D eigenvalue weighted by Crippen LogP contribution is -2.40. The molecule has 0 N–H and O–H groups in total. The Morgan fingerprint density at radius 1 is 1.21 bits per heavy atom. The summed E-state index contributed by atoms with van der Waals surface area (Å²) in [6.07, 6.45) is 6.32. The quantitative estimate of drug-likeness (QED) is 0.613. The third-order valence-electron chi connectivity index (χ3n) is 6.90. The minimum atomic E-state index is -0.491. The van der Waals surface area contributed by atoms with Crippen LogP contribution < -0.4 is 4.74 Å². The molecule has 0 bridgehead atoms. The second-order valence-electron chi connectivity index (χ2n) is 9.17. The maximum atomic E-state index is 14.0. The van der Waals surface area contributed by atoms with Crippen LogP contribution in [0.25, 0.3) is 0 Å². The predicted octanol–water partition coefficient (Wildman–Crippen LogP) is 5.33. The molecule has 3 fully saturated rings. The molecule has 6 heteroatoms. The third-order valence-corrected chi connectivity index (χ3v) is 6.90. The zero-order valence-corrected chi connectivity index (χ0v) is 17.4. The van der Waals surface area contributed by atoms with Crippen molar-refractivity contribution in [2.24, 2.45) is 17.8 Å². The molecule has 1 aromatic rings. The lowest BCUT2D eigenvalue weighted by Gasteiger charge is -2.32.